The Morgan fingerprint density at radius 2 is 1.19 bits per heavy atom. The smallest absolute Gasteiger partial charge is 0.0125 e. The molecule has 3 aliphatic heterocycles. The van der Waals surface area contributed by atoms with Crippen molar-refractivity contribution in [3.05, 3.63) is 0 Å². The van der Waals surface area contributed by atoms with Crippen LogP contribution in [0.4, 0.5) is 0 Å². The second kappa shape index (κ2) is 9.86. The van der Waals surface area contributed by atoms with Gasteiger partial charge in [-0.3, -0.25) is 4.90 Å². The SMILES string of the molecule is CC(C)(C)C1CCC(CN2CCC(N3CCC4(CC3)CCN(C(C)(C)C)CC4)CC2)CC1. The molecule has 0 amide bonds. The van der Waals surface area contributed by atoms with Gasteiger partial charge in [-0.1, -0.05) is 20.8 Å². The maximum absolute atomic E-state index is 2.90. The van der Waals surface area contributed by atoms with Crippen LogP contribution in [0.1, 0.15) is 106 Å². The lowest BCUT2D eigenvalue weighted by molar-refractivity contribution is -0.0140. The summed E-state index contributed by atoms with van der Waals surface area (Å²) in [5, 5.41) is 0. The second-order valence-corrected chi connectivity index (χ2v) is 14.3. The molecule has 0 N–H and O–H groups in total. The fourth-order valence-electron chi connectivity index (χ4n) is 7.56. The van der Waals surface area contributed by atoms with Gasteiger partial charge in [-0.2, -0.15) is 0 Å². The van der Waals surface area contributed by atoms with Crippen molar-refractivity contribution in [2.24, 2.45) is 22.7 Å². The highest BCUT2D eigenvalue weighted by atomic mass is 15.2. The van der Waals surface area contributed by atoms with Crippen LogP contribution in [0.2, 0.25) is 0 Å². The Morgan fingerprint density at radius 3 is 1.69 bits per heavy atom. The Balaban J connectivity index is 1.15. The van der Waals surface area contributed by atoms with E-state index in [9.17, 15) is 0 Å². The van der Waals surface area contributed by atoms with Gasteiger partial charge in [0, 0.05) is 18.1 Å². The summed E-state index contributed by atoms with van der Waals surface area (Å²) in [6.45, 7) is 24.0. The molecule has 3 heteroatoms. The molecule has 3 nitrogen and oxygen atoms in total. The molecule has 4 aliphatic rings. The highest BCUT2D eigenvalue weighted by Gasteiger charge is 2.41. The van der Waals surface area contributed by atoms with Crippen LogP contribution in [0.5, 0.6) is 0 Å². The van der Waals surface area contributed by atoms with E-state index in [1.165, 1.54) is 110 Å². The third-order valence-corrected chi connectivity index (χ3v) is 10.3. The van der Waals surface area contributed by atoms with E-state index >= 15 is 0 Å². The average Bonchev–Trinajstić information content (AvgIpc) is 2.74. The summed E-state index contributed by atoms with van der Waals surface area (Å²) in [4.78, 5) is 8.44. The van der Waals surface area contributed by atoms with Crippen LogP contribution < -0.4 is 0 Å². The van der Waals surface area contributed by atoms with E-state index in [-0.39, 0.29) is 0 Å². The number of rotatable bonds is 3. The highest BCUT2D eigenvalue weighted by molar-refractivity contribution is 4.95. The van der Waals surface area contributed by atoms with Crippen LogP contribution >= 0.6 is 0 Å². The molecule has 0 radical (unpaired) electrons. The predicted molar refractivity (Wildman–Crippen MR) is 138 cm³/mol. The molecule has 0 aromatic rings. The van der Waals surface area contributed by atoms with E-state index in [1.54, 1.807) is 0 Å². The van der Waals surface area contributed by atoms with Crippen molar-refractivity contribution in [1.29, 1.82) is 0 Å². The molecule has 0 aromatic carbocycles. The molecule has 4 fully saturated rings. The molecule has 1 spiro atoms. The third-order valence-electron chi connectivity index (χ3n) is 10.3. The zero-order valence-corrected chi connectivity index (χ0v) is 22.6. The van der Waals surface area contributed by atoms with Gasteiger partial charge < -0.3 is 9.80 Å². The average molecular weight is 446 g/mol. The molecule has 3 saturated heterocycles. The molecule has 3 heterocycles. The molecule has 186 valence electrons. The van der Waals surface area contributed by atoms with E-state index in [1.807, 2.05) is 0 Å². The van der Waals surface area contributed by atoms with Crippen molar-refractivity contribution >= 4 is 0 Å². The van der Waals surface area contributed by atoms with Gasteiger partial charge in [0.15, 0.2) is 0 Å². The molecule has 0 atom stereocenters. The summed E-state index contributed by atoms with van der Waals surface area (Å²) in [5.74, 6) is 1.92. The fraction of sp³-hybridized carbons (Fsp3) is 1.00. The van der Waals surface area contributed by atoms with Crippen molar-refractivity contribution in [2.75, 3.05) is 45.8 Å². The van der Waals surface area contributed by atoms with Crippen molar-refractivity contribution in [3.8, 4) is 0 Å². The Labute approximate surface area is 200 Å². The summed E-state index contributed by atoms with van der Waals surface area (Å²) in [6.07, 6.45) is 14.5. The maximum atomic E-state index is 2.90. The fourth-order valence-corrected chi connectivity index (χ4v) is 7.56. The first-order valence-corrected chi connectivity index (χ1v) is 14.3. The maximum Gasteiger partial charge on any atom is 0.0125 e. The van der Waals surface area contributed by atoms with Gasteiger partial charge in [-0.25, -0.2) is 0 Å². The molecule has 32 heavy (non-hydrogen) atoms. The van der Waals surface area contributed by atoms with E-state index in [4.69, 9.17) is 0 Å². The highest BCUT2D eigenvalue weighted by Crippen LogP contribution is 2.43. The number of likely N-dealkylation sites (tertiary alicyclic amines) is 3. The first kappa shape index (κ1) is 25.0. The van der Waals surface area contributed by atoms with Crippen LogP contribution in [0.25, 0.3) is 0 Å². The zero-order chi connectivity index (χ0) is 23.0. The zero-order valence-electron chi connectivity index (χ0n) is 22.6. The molecular weight excluding hydrogens is 390 g/mol. The quantitative estimate of drug-likeness (QED) is 0.506. The van der Waals surface area contributed by atoms with E-state index in [0.717, 1.165) is 17.9 Å². The van der Waals surface area contributed by atoms with Crippen LogP contribution in [-0.4, -0.2) is 72.1 Å². The summed E-state index contributed by atoms with van der Waals surface area (Å²) in [7, 11) is 0. The largest absolute Gasteiger partial charge is 0.303 e. The summed E-state index contributed by atoms with van der Waals surface area (Å²) < 4.78 is 0. The van der Waals surface area contributed by atoms with Crippen LogP contribution in [0, 0.1) is 22.7 Å². The standard InChI is InChI=1S/C29H55N3/c1-27(2,3)25-9-7-24(8-10-25)23-30-17-11-26(12-18-30)31-19-13-29(14-20-31)15-21-32(22-16-29)28(4,5)6/h24-26H,7-23H2,1-6H3. The van der Waals surface area contributed by atoms with Gasteiger partial charge in [0.05, 0.1) is 0 Å². The van der Waals surface area contributed by atoms with Crippen LogP contribution in [-0.2, 0) is 0 Å². The minimum atomic E-state index is 0.349. The Bertz CT molecular complexity index is 567. The Hall–Kier alpha value is -0.120. The molecule has 1 aliphatic carbocycles. The predicted octanol–water partition coefficient (Wildman–Crippen LogP) is 6.28. The van der Waals surface area contributed by atoms with Crippen molar-refractivity contribution in [3.63, 3.8) is 0 Å². The Kier molecular flexibility index (Phi) is 7.70. The van der Waals surface area contributed by atoms with Gasteiger partial charge in [-0.05, 0) is 147 Å². The normalized spacial score (nSPS) is 32.4. The Morgan fingerprint density at radius 1 is 0.656 bits per heavy atom. The molecule has 0 aromatic heterocycles. The van der Waals surface area contributed by atoms with Crippen LogP contribution in [0.15, 0.2) is 0 Å². The van der Waals surface area contributed by atoms with E-state index in [0.29, 0.717) is 16.4 Å². The first-order chi connectivity index (χ1) is 15.0. The van der Waals surface area contributed by atoms with Gasteiger partial charge in [0.1, 0.15) is 0 Å². The summed E-state index contributed by atoms with van der Waals surface area (Å²) in [6, 6.07) is 0.870. The van der Waals surface area contributed by atoms with Gasteiger partial charge in [-0.15, -0.1) is 0 Å². The van der Waals surface area contributed by atoms with Crippen molar-refractivity contribution in [1.82, 2.24) is 14.7 Å². The van der Waals surface area contributed by atoms with Gasteiger partial charge in [0.25, 0.3) is 0 Å². The second-order valence-electron chi connectivity index (χ2n) is 14.3. The number of nitrogens with zero attached hydrogens (tertiary/aromatic N) is 3. The number of hydrogen-bond acceptors (Lipinski definition) is 3. The van der Waals surface area contributed by atoms with Crippen LogP contribution in [0.3, 0.4) is 0 Å². The number of hydrogen-bond donors (Lipinski definition) is 0. The third kappa shape index (κ3) is 6.11. The molecule has 0 unspecified atom stereocenters. The lowest BCUT2D eigenvalue weighted by atomic mass is 9.69. The molecule has 0 bridgehead atoms. The topological polar surface area (TPSA) is 9.72 Å². The van der Waals surface area contributed by atoms with E-state index < -0.39 is 0 Å². The van der Waals surface area contributed by atoms with E-state index in [2.05, 4.69) is 56.2 Å². The monoisotopic (exact) mass is 445 g/mol. The minimum Gasteiger partial charge on any atom is -0.303 e. The summed E-state index contributed by atoms with van der Waals surface area (Å²) in [5.41, 5.74) is 1.53. The minimum absolute atomic E-state index is 0.349. The number of piperidine rings is 3. The van der Waals surface area contributed by atoms with Crippen molar-refractivity contribution < 1.29 is 0 Å². The molecular formula is C29H55N3. The lowest BCUT2D eigenvalue weighted by Gasteiger charge is -2.51. The molecule has 4 rings (SSSR count). The van der Waals surface area contributed by atoms with Gasteiger partial charge in [0.2, 0.25) is 0 Å². The molecule has 1 saturated carbocycles. The summed E-state index contributed by atoms with van der Waals surface area (Å²) >= 11 is 0. The van der Waals surface area contributed by atoms with Gasteiger partial charge >= 0.3 is 0 Å². The first-order valence-electron chi connectivity index (χ1n) is 14.3. The lowest BCUT2D eigenvalue weighted by Crippen LogP contribution is -2.54. The van der Waals surface area contributed by atoms with Crippen molar-refractivity contribution in [2.45, 2.75) is 117 Å².